The molecule has 2 aromatic carbocycles. The first-order valence-corrected chi connectivity index (χ1v) is 9.17. The number of para-hydroxylation sites is 1. The van der Waals surface area contributed by atoms with Crippen LogP contribution in [-0.2, 0) is 6.42 Å². The van der Waals surface area contributed by atoms with Gasteiger partial charge in [0.05, 0.1) is 12.2 Å². The highest BCUT2D eigenvalue weighted by molar-refractivity contribution is 5.94. The molecule has 1 aromatic heterocycles. The van der Waals surface area contributed by atoms with Gasteiger partial charge >= 0.3 is 0 Å². The number of ether oxygens (including phenoxy) is 1. The Morgan fingerprint density at radius 2 is 2.00 bits per heavy atom. The van der Waals surface area contributed by atoms with Gasteiger partial charge in [0.25, 0.3) is 5.91 Å². The van der Waals surface area contributed by atoms with Crippen molar-refractivity contribution in [2.45, 2.75) is 26.4 Å². The van der Waals surface area contributed by atoms with Crippen LogP contribution in [0.25, 0.3) is 11.3 Å². The van der Waals surface area contributed by atoms with Gasteiger partial charge in [0.15, 0.2) is 0 Å². The third-order valence-electron chi connectivity index (χ3n) is 4.86. The van der Waals surface area contributed by atoms with Gasteiger partial charge in [-0.15, -0.1) is 0 Å². The van der Waals surface area contributed by atoms with E-state index in [1.807, 2.05) is 49.4 Å². The maximum absolute atomic E-state index is 12.4. The Balaban J connectivity index is 1.48. The Bertz CT molecular complexity index is 997. The van der Waals surface area contributed by atoms with Crippen molar-refractivity contribution in [1.82, 2.24) is 10.3 Å². The molecule has 0 unspecified atom stereocenters. The Kier molecular flexibility index (Phi) is 4.63. The van der Waals surface area contributed by atoms with Crippen LogP contribution in [0.4, 0.5) is 0 Å². The van der Waals surface area contributed by atoms with Crippen LogP contribution in [0.1, 0.15) is 27.0 Å². The molecule has 1 N–H and O–H groups in total. The summed E-state index contributed by atoms with van der Waals surface area (Å²) < 4.78 is 6.20. The van der Waals surface area contributed by atoms with E-state index in [1.54, 1.807) is 6.20 Å². The third-order valence-corrected chi connectivity index (χ3v) is 4.86. The lowest BCUT2D eigenvalue weighted by Gasteiger charge is -2.14. The van der Waals surface area contributed by atoms with Gasteiger partial charge in [0.1, 0.15) is 11.9 Å². The molecule has 4 rings (SSSR count). The molecule has 4 nitrogen and oxygen atoms in total. The fourth-order valence-corrected chi connectivity index (χ4v) is 3.50. The second kappa shape index (κ2) is 7.23. The van der Waals surface area contributed by atoms with Crippen LogP contribution in [0, 0.1) is 13.8 Å². The minimum atomic E-state index is -0.0704. The van der Waals surface area contributed by atoms with Crippen LogP contribution in [-0.4, -0.2) is 23.5 Å². The third kappa shape index (κ3) is 3.56. The SMILES string of the molecule is Cc1cccc(C(=O)NC[C@H]2Cc3cccc(-c4ncccc4C)c3O2)c1. The molecule has 0 spiro atoms. The summed E-state index contributed by atoms with van der Waals surface area (Å²) in [6.07, 6.45) is 2.51. The number of benzene rings is 2. The maximum Gasteiger partial charge on any atom is 0.251 e. The van der Waals surface area contributed by atoms with Gasteiger partial charge in [0, 0.05) is 23.7 Å². The van der Waals surface area contributed by atoms with Crippen molar-refractivity contribution in [3.8, 4) is 17.0 Å². The second-order valence-electron chi connectivity index (χ2n) is 6.99. The number of hydrogen-bond acceptors (Lipinski definition) is 3. The van der Waals surface area contributed by atoms with Crippen molar-refractivity contribution >= 4 is 5.91 Å². The number of aryl methyl sites for hydroxylation is 2. The zero-order valence-corrected chi connectivity index (χ0v) is 15.5. The monoisotopic (exact) mass is 358 g/mol. The second-order valence-corrected chi connectivity index (χ2v) is 6.99. The number of fused-ring (bicyclic) bond motifs is 1. The molecule has 136 valence electrons. The topological polar surface area (TPSA) is 51.2 Å². The fourth-order valence-electron chi connectivity index (χ4n) is 3.50. The van der Waals surface area contributed by atoms with Crippen molar-refractivity contribution in [1.29, 1.82) is 0 Å². The molecular formula is C23H22N2O2. The van der Waals surface area contributed by atoms with Gasteiger partial charge < -0.3 is 10.1 Å². The summed E-state index contributed by atoms with van der Waals surface area (Å²) in [5, 5.41) is 2.99. The van der Waals surface area contributed by atoms with E-state index in [1.165, 1.54) is 0 Å². The Morgan fingerprint density at radius 1 is 1.15 bits per heavy atom. The van der Waals surface area contributed by atoms with E-state index in [4.69, 9.17) is 4.74 Å². The standard InChI is InChI=1S/C23H22N2O2/c1-15-6-3-9-18(12-15)23(26)25-14-19-13-17-8-4-10-20(22(17)27-19)21-16(2)7-5-11-24-21/h3-12,19H,13-14H2,1-2H3,(H,25,26)/t19-/m1/s1. The molecule has 0 saturated carbocycles. The Labute approximate surface area is 159 Å². The van der Waals surface area contributed by atoms with Crippen LogP contribution < -0.4 is 10.1 Å². The quantitative estimate of drug-likeness (QED) is 0.764. The number of nitrogens with one attached hydrogen (secondary N) is 1. The molecule has 0 saturated heterocycles. The number of nitrogens with zero attached hydrogens (tertiary/aromatic N) is 1. The van der Waals surface area contributed by atoms with Gasteiger partial charge in [-0.05, 0) is 49.2 Å². The first-order valence-electron chi connectivity index (χ1n) is 9.17. The Hall–Kier alpha value is -3.14. The van der Waals surface area contributed by atoms with Crippen molar-refractivity contribution in [2.75, 3.05) is 6.54 Å². The lowest BCUT2D eigenvalue weighted by Crippen LogP contribution is -2.34. The smallest absolute Gasteiger partial charge is 0.251 e. The molecular weight excluding hydrogens is 336 g/mol. The molecule has 3 aromatic rings. The molecule has 0 bridgehead atoms. The lowest BCUT2D eigenvalue weighted by molar-refractivity contribution is 0.0933. The normalized spacial score (nSPS) is 15.1. The zero-order chi connectivity index (χ0) is 18.8. The van der Waals surface area contributed by atoms with Crippen LogP contribution in [0.5, 0.6) is 5.75 Å². The minimum absolute atomic E-state index is 0.0703. The number of carbonyl (C=O) groups excluding carboxylic acids is 1. The Morgan fingerprint density at radius 3 is 2.81 bits per heavy atom. The summed E-state index contributed by atoms with van der Waals surface area (Å²) in [6.45, 7) is 4.51. The van der Waals surface area contributed by atoms with Crippen LogP contribution in [0.3, 0.4) is 0 Å². The van der Waals surface area contributed by atoms with Crippen molar-refractivity contribution in [3.05, 3.63) is 83.0 Å². The first-order chi connectivity index (χ1) is 13.1. The average Bonchev–Trinajstić information content (AvgIpc) is 3.10. The van der Waals surface area contributed by atoms with Gasteiger partial charge in [-0.25, -0.2) is 0 Å². The highest BCUT2D eigenvalue weighted by atomic mass is 16.5. The van der Waals surface area contributed by atoms with Crippen LogP contribution in [0.15, 0.2) is 60.8 Å². The molecule has 1 aliphatic rings. The summed E-state index contributed by atoms with van der Waals surface area (Å²) in [4.78, 5) is 16.9. The van der Waals surface area contributed by atoms with Gasteiger partial charge in [0.2, 0.25) is 0 Å². The van der Waals surface area contributed by atoms with Crippen molar-refractivity contribution < 1.29 is 9.53 Å². The zero-order valence-electron chi connectivity index (χ0n) is 15.5. The molecule has 0 aliphatic carbocycles. The number of amides is 1. The summed E-state index contributed by atoms with van der Waals surface area (Å²) in [5.74, 6) is 0.813. The number of hydrogen-bond donors (Lipinski definition) is 1. The average molecular weight is 358 g/mol. The summed E-state index contributed by atoms with van der Waals surface area (Å²) in [6, 6.07) is 17.8. The molecule has 1 amide bonds. The molecule has 1 atom stereocenters. The van der Waals surface area contributed by atoms with E-state index < -0.39 is 0 Å². The molecule has 2 heterocycles. The summed E-state index contributed by atoms with van der Waals surface area (Å²) >= 11 is 0. The van der Waals surface area contributed by atoms with Crippen LogP contribution >= 0.6 is 0 Å². The molecule has 0 fully saturated rings. The van der Waals surface area contributed by atoms with Crippen molar-refractivity contribution in [3.63, 3.8) is 0 Å². The fraction of sp³-hybridized carbons (Fsp3) is 0.217. The number of pyridine rings is 1. The number of rotatable bonds is 4. The van der Waals surface area contributed by atoms with Crippen LogP contribution in [0.2, 0.25) is 0 Å². The maximum atomic E-state index is 12.4. The molecule has 0 radical (unpaired) electrons. The highest BCUT2D eigenvalue weighted by Gasteiger charge is 2.27. The summed E-state index contributed by atoms with van der Waals surface area (Å²) in [7, 11) is 0. The highest BCUT2D eigenvalue weighted by Crippen LogP contribution is 2.38. The lowest BCUT2D eigenvalue weighted by atomic mass is 10.0. The van der Waals surface area contributed by atoms with E-state index in [9.17, 15) is 4.79 Å². The predicted molar refractivity (Wildman–Crippen MR) is 106 cm³/mol. The van der Waals surface area contributed by atoms with E-state index >= 15 is 0 Å². The van der Waals surface area contributed by atoms with E-state index in [0.717, 1.165) is 40.1 Å². The van der Waals surface area contributed by atoms with E-state index in [2.05, 4.69) is 29.4 Å². The summed E-state index contributed by atoms with van der Waals surface area (Å²) in [5.41, 5.74) is 5.98. The number of aromatic nitrogens is 1. The van der Waals surface area contributed by atoms with Gasteiger partial charge in [-0.3, -0.25) is 9.78 Å². The molecule has 27 heavy (non-hydrogen) atoms. The molecule has 4 heteroatoms. The minimum Gasteiger partial charge on any atom is -0.487 e. The van der Waals surface area contributed by atoms with E-state index in [0.29, 0.717) is 12.1 Å². The number of carbonyl (C=O) groups is 1. The first kappa shape index (κ1) is 17.3. The largest absolute Gasteiger partial charge is 0.487 e. The van der Waals surface area contributed by atoms with Gasteiger partial charge in [-0.2, -0.15) is 0 Å². The van der Waals surface area contributed by atoms with E-state index in [-0.39, 0.29) is 12.0 Å². The van der Waals surface area contributed by atoms with Crippen molar-refractivity contribution in [2.24, 2.45) is 0 Å². The molecule has 1 aliphatic heterocycles. The predicted octanol–water partition coefficient (Wildman–Crippen LogP) is 4.10. The van der Waals surface area contributed by atoms with Gasteiger partial charge in [-0.1, -0.05) is 35.9 Å².